The first-order chi connectivity index (χ1) is 36.9. The summed E-state index contributed by atoms with van der Waals surface area (Å²) in [6.07, 6.45) is 3.67. The van der Waals surface area contributed by atoms with Gasteiger partial charge in [0.2, 0.25) is 5.69 Å². The molecule has 1 saturated heterocycles. The first-order valence-electron chi connectivity index (χ1n) is 24.2. The molecular weight excluding hydrogens is 1180 g/mol. The molecule has 7 rings (SSSR count). The van der Waals surface area contributed by atoms with Crippen LogP contribution in [-0.2, 0) is 95.5 Å². The Balaban J connectivity index is 1.45. The highest BCUT2D eigenvalue weighted by Gasteiger charge is 2.50. The van der Waals surface area contributed by atoms with Crippen LogP contribution in [0.5, 0.6) is 0 Å². The van der Waals surface area contributed by atoms with E-state index in [1.165, 1.54) is 49.0 Å². The second-order valence-corrected chi connectivity index (χ2v) is 28.2. The van der Waals surface area contributed by atoms with Gasteiger partial charge < -0.3 is 37.2 Å². The summed E-state index contributed by atoms with van der Waals surface area (Å²) >= 11 is 0. The summed E-state index contributed by atoms with van der Waals surface area (Å²) in [5.41, 5.74) is -1.90. The summed E-state index contributed by atoms with van der Waals surface area (Å²) in [6.45, 7) is 2.90. The quantitative estimate of drug-likeness (QED) is 0.0456. The lowest BCUT2D eigenvalue weighted by Gasteiger charge is -2.31. The number of carbonyl (C=O) groups is 3. The molecule has 0 bridgehead atoms. The molecule has 4 aromatic carbocycles. The van der Waals surface area contributed by atoms with E-state index in [9.17, 15) is 92.2 Å². The molecule has 0 aromatic heterocycles. The first-order valence-corrected chi connectivity index (χ1v) is 33.0. The SMILES string of the molecule is COCCC1(C)/C(=C\C=C\C2=[N+](CCCS(=O)(=O)O)c3ccc4c(S(=O)(=O)[O-])cc(S(=O)(=O)[O-])cc4c3C2(C)CCCS(=O)(=O)[O-])N(CCCCCC(=O)ON2C(=O)CCC2=O)c2ccc3c(S(=O)(=O)[O-])cc(S(=O)(=O)[O-])cc3c21. The molecule has 2 unspecified atom stereocenters. The van der Waals surface area contributed by atoms with Gasteiger partial charge in [-0.3, -0.25) is 14.1 Å². The van der Waals surface area contributed by atoms with E-state index in [4.69, 9.17) is 9.57 Å². The zero-order valence-electron chi connectivity index (χ0n) is 42.7. The van der Waals surface area contributed by atoms with Crippen molar-refractivity contribution in [3.63, 3.8) is 0 Å². The first kappa shape index (κ1) is 62.0. The van der Waals surface area contributed by atoms with Crippen LogP contribution in [0.1, 0.15) is 89.2 Å². The van der Waals surface area contributed by atoms with Crippen molar-refractivity contribution in [3.8, 4) is 0 Å². The number of nitrogens with zero attached hydrogens (tertiary/aromatic N) is 3. The van der Waals surface area contributed by atoms with E-state index >= 15 is 0 Å². The molecule has 3 aliphatic rings. The van der Waals surface area contributed by atoms with E-state index in [-0.39, 0.29) is 122 Å². The Hall–Kier alpha value is -5.62. The average molecular weight is 1230 g/mol. The smallest absolute Gasteiger partial charge is 0.333 e. The van der Waals surface area contributed by atoms with Crippen molar-refractivity contribution >= 4 is 117 Å². The minimum Gasteiger partial charge on any atom is -0.748 e. The van der Waals surface area contributed by atoms with Crippen LogP contribution in [0.15, 0.2) is 92.0 Å². The third-order valence-electron chi connectivity index (χ3n) is 14.2. The van der Waals surface area contributed by atoms with Gasteiger partial charge in [0.15, 0.2) is 5.71 Å². The van der Waals surface area contributed by atoms with Gasteiger partial charge in [-0.1, -0.05) is 18.6 Å². The van der Waals surface area contributed by atoms with Gasteiger partial charge in [0.05, 0.1) is 40.9 Å². The lowest BCUT2D eigenvalue weighted by molar-refractivity contribution is -0.437. The number of hydrogen-bond donors (Lipinski definition) is 1. The molecule has 0 aliphatic carbocycles. The van der Waals surface area contributed by atoms with Crippen molar-refractivity contribution in [1.82, 2.24) is 5.06 Å². The van der Waals surface area contributed by atoms with E-state index < -0.39 is 127 Å². The number of fused-ring (bicyclic) bond motifs is 6. The van der Waals surface area contributed by atoms with Gasteiger partial charge >= 0.3 is 5.97 Å². The van der Waals surface area contributed by atoms with E-state index in [1.807, 2.05) is 0 Å². The summed E-state index contributed by atoms with van der Waals surface area (Å²) in [4.78, 5) is 39.2. The number of imide groups is 1. The summed E-state index contributed by atoms with van der Waals surface area (Å²) in [5.74, 6) is -4.01. The highest BCUT2D eigenvalue weighted by molar-refractivity contribution is 7.87. The average Bonchev–Trinajstić information content (AvgIpc) is 3.44. The number of carbonyl (C=O) groups excluding carboxylic acids is 3. The molecule has 2 atom stereocenters. The number of methoxy groups -OCH3 is 1. The Morgan fingerprint density at radius 3 is 1.76 bits per heavy atom. The standard InChI is InChI=1S/C48H55N3O23S6/c1-47(19-8-24-75(55,56)57)40(50(22-9-25-76(58,59)60)36-15-13-32-34(45(36)47)26-30(77(61,62)63)28-38(32)79(67,68)69)10-7-11-41-48(2,20-23-73-3)46-35-27-31(78(64,65)66)29-39(80(70,71)72)33(35)14-16-37(46)49(41)21-6-4-5-12-44(54)74-51-42(52)17-18-43(51)53/h7,10-11,13-16,26-29H,4-6,8-9,12,17-25H2,1-3H3,(H5-,55,56,57,58,59,60,61,62,63,64,65,66,67,68,69,70,71,72)/p-4. The number of unbranched alkanes of at least 4 members (excludes halogenated alkanes) is 2. The number of benzene rings is 4. The second-order valence-electron chi connectivity index (χ2n) is 19.6. The number of ether oxygens (including phenoxy) is 1. The highest BCUT2D eigenvalue weighted by Crippen LogP contribution is 2.54. The van der Waals surface area contributed by atoms with E-state index in [1.54, 1.807) is 17.9 Å². The largest absolute Gasteiger partial charge is 0.748 e. The molecule has 436 valence electrons. The maximum absolute atomic E-state index is 12.8. The number of amides is 2. The topological polar surface area (TPSA) is 420 Å². The maximum Gasteiger partial charge on any atom is 0.333 e. The van der Waals surface area contributed by atoms with Gasteiger partial charge in [-0.25, -0.2) is 46.9 Å². The third-order valence-corrected chi connectivity index (χ3v) is 19.2. The summed E-state index contributed by atoms with van der Waals surface area (Å²) in [7, 11) is -30.1. The Bertz CT molecular complexity index is 4050. The van der Waals surface area contributed by atoms with E-state index in [0.29, 0.717) is 28.6 Å². The zero-order valence-corrected chi connectivity index (χ0v) is 47.6. The van der Waals surface area contributed by atoms with Gasteiger partial charge in [-0.05, 0) is 110 Å². The Kier molecular flexibility index (Phi) is 17.5. The van der Waals surface area contributed by atoms with Gasteiger partial charge in [0, 0.05) is 91.6 Å². The summed E-state index contributed by atoms with van der Waals surface area (Å²) in [5, 5.41) is -0.622. The molecule has 3 aliphatic heterocycles. The van der Waals surface area contributed by atoms with Crippen molar-refractivity contribution in [2.75, 3.05) is 43.2 Å². The molecule has 3 heterocycles. The minimum atomic E-state index is -5.55. The van der Waals surface area contributed by atoms with Crippen LogP contribution >= 0.6 is 0 Å². The summed E-state index contributed by atoms with van der Waals surface area (Å²) in [6, 6.07) is 7.78. The normalized spacial score (nSPS) is 19.8. The zero-order chi connectivity index (χ0) is 59.3. The number of hydrogen-bond acceptors (Lipinski definition) is 23. The summed E-state index contributed by atoms with van der Waals surface area (Å²) < 4.78 is 229. The molecular formula is C48H51N3O23S6-4. The highest BCUT2D eigenvalue weighted by atomic mass is 32.2. The molecule has 0 spiro atoms. The van der Waals surface area contributed by atoms with E-state index in [0.717, 1.165) is 18.2 Å². The molecule has 1 fully saturated rings. The fraction of sp³-hybridized carbons (Fsp3) is 0.417. The van der Waals surface area contributed by atoms with Gasteiger partial charge in [-0.15, -0.1) is 5.06 Å². The molecule has 4 aromatic rings. The number of anilines is 1. The fourth-order valence-electron chi connectivity index (χ4n) is 10.8. The number of rotatable bonds is 24. The van der Waals surface area contributed by atoms with Gasteiger partial charge in [0.1, 0.15) is 47.0 Å². The minimum absolute atomic E-state index is 0.00919. The number of allylic oxidation sites excluding steroid dienone is 4. The monoisotopic (exact) mass is 1230 g/mol. The maximum atomic E-state index is 12.8. The van der Waals surface area contributed by atoms with Crippen LogP contribution in [0.3, 0.4) is 0 Å². The van der Waals surface area contributed by atoms with Crippen molar-refractivity contribution < 1.29 is 106 Å². The molecule has 0 radical (unpaired) electrons. The Labute approximate surface area is 461 Å². The van der Waals surface area contributed by atoms with Crippen LogP contribution in [0, 0.1) is 0 Å². The lowest BCUT2D eigenvalue weighted by Crippen LogP contribution is -2.33. The molecule has 0 saturated carbocycles. The van der Waals surface area contributed by atoms with Gasteiger partial charge in [-0.2, -0.15) is 13.0 Å². The molecule has 26 nitrogen and oxygen atoms in total. The lowest BCUT2D eigenvalue weighted by atomic mass is 9.74. The fourth-order valence-corrected chi connectivity index (χ4v) is 14.4. The Morgan fingerprint density at radius 2 is 1.24 bits per heavy atom. The van der Waals surface area contributed by atoms with Crippen molar-refractivity contribution in [2.24, 2.45) is 0 Å². The molecule has 80 heavy (non-hydrogen) atoms. The van der Waals surface area contributed by atoms with Gasteiger partial charge in [0.25, 0.3) is 21.9 Å². The molecule has 1 N–H and O–H groups in total. The van der Waals surface area contributed by atoms with Crippen molar-refractivity contribution in [3.05, 3.63) is 83.6 Å². The van der Waals surface area contributed by atoms with Crippen LogP contribution in [-0.4, -0.2) is 149 Å². The predicted molar refractivity (Wildman–Crippen MR) is 276 cm³/mol. The predicted octanol–water partition coefficient (Wildman–Crippen LogP) is 2.99. The van der Waals surface area contributed by atoms with Crippen LogP contribution in [0.4, 0.5) is 11.4 Å². The van der Waals surface area contributed by atoms with Crippen LogP contribution < -0.4 is 4.90 Å². The van der Waals surface area contributed by atoms with Crippen LogP contribution in [0.25, 0.3) is 21.5 Å². The third kappa shape index (κ3) is 13.2. The second kappa shape index (κ2) is 22.6. The van der Waals surface area contributed by atoms with Crippen molar-refractivity contribution in [2.45, 2.75) is 108 Å². The van der Waals surface area contributed by atoms with Crippen LogP contribution in [0.2, 0.25) is 0 Å². The molecule has 2 amide bonds. The van der Waals surface area contributed by atoms with Crippen molar-refractivity contribution in [1.29, 1.82) is 0 Å². The number of hydroxylamine groups is 2. The Morgan fingerprint density at radius 1 is 0.675 bits per heavy atom. The molecule has 32 heteroatoms. The van der Waals surface area contributed by atoms with E-state index in [2.05, 4.69) is 0 Å².